The summed E-state index contributed by atoms with van der Waals surface area (Å²) in [5, 5.41) is 12.2. The standard InChI is InChI=1S/C18H15NO/c20-18(11-14-5-1-2-6-15(14)12-18)16-9-3-7-13-8-4-10-19-17(13)16/h1-10,20H,11-12H2. The minimum absolute atomic E-state index is 0.666. The summed E-state index contributed by atoms with van der Waals surface area (Å²) in [6.45, 7) is 0. The fraction of sp³-hybridized carbons (Fsp3) is 0.167. The van der Waals surface area contributed by atoms with E-state index in [9.17, 15) is 5.11 Å². The molecule has 0 saturated heterocycles. The summed E-state index contributed by atoms with van der Waals surface area (Å²) < 4.78 is 0. The number of para-hydroxylation sites is 1. The number of rotatable bonds is 1. The summed E-state index contributed by atoms with van der Waals surface area (Å²) in [6, 6.07) is 18.3. The Morgan fingerprint density at radius 2 is 1.55 bits per heavy atom. The zero-order valence-electron chi connectivity index (χ0n) is 11.1. The fourth-order valence-corrected chi connectivity index (χ4v) is 3.27. The average Bonchev–Trinajstić information content (AvgIpc) is 2.84. The van der Waals surface area contributed by atoms with Crippen LogP contribution in [-0.2, 0) is 18.4 Å². The molecule has 20 heavy (non-hydrogen) atoms. The Labute approximate surface area is 117 Å². The summed E-state index contributed by atoms with van der Waals surface area (Å²) in [6.07, 6.45) is 3.12. The molecule has 1 aliphatic rings. The third-order valence-corrected chi connectivity index (χ3v) is 4.22. The lowest BCUT2D eigenvalue weighted by Crippen LogP contribution is -2.26. The van der Waals surface area contributed by atoms with E-state index in [-0.39, 0.29) is 0 Å². The molecule has 0 amide bonds. The van der Waals surface area contributed by atoms with Gasteiger partial charge in [0.15, 0.2) is 0 Å². The van der Waals surface area contributed by atoms with Crippen molar-refractivity contribution in [3.8, 4) is 0 Å². The molecule has 2 aromatic carbocycles. The normalized spacial score (nSPS) is 16.2. The van der Waals surface area contributed by atoms with Gasteiger partial charge in [-0.2, -0.15) is 0 Å². The van der Waals surface area contributed by atoms with Crippen LogP contribution >= 0.6 is 0 Å². The molecule has 0 unspecified atom stereocenters. The van der Waals surface area contributed by atoms with E-state index < -0.39 is 5.60 Å². The highest BCUT2D eigenvalue weighted by Gasteiger charge is 2.37. The lowest BCUT2D eigenvalue weighted by atomic mass is 9.89. The molecule has 98 valence electrons. The summed E-state index contributed by atoms with van der Waals surface area (Å²) >= 11 is 0. The molecule has 0 fully saturated rings. The van der Waals surface area contributed by atoms with Crippen molar-refractivity contribution >= 4 is 10.9 Å². The number of aromatic nitrogens is 1. The van der Waals surface area contributed by atoms with Gasteiger partial charge >= 0.3 is 0 Å². The van der Waals surface area contributed by atoms with Gasteiger partial charge in [0.1, 0.15) is 0 Å². The predicted molar refractivity (Wildman–Crippen MR) is 79.5 cm³/mol. The van der Waals surface area contributed by atoms with E-state index in [0.717, 1.165) is 16.5 Å². The van der Waals surface area contributed by atoms with Crippen LogP contribution in [0.2, 0.25) is 0 Å². The Kier molecular flexibility index (Phi) is 2.41. The number of hydrogen-bond acceptors (Lipinski definition) is 2. The molecule has 0 radical (unpaired) electrons. The number of nitrogens with zero attached hydrogens (tertiary/aromatic N) is 1. The minimum Gasteiger partial charge on any atom is -0.384 e. The van der Waals surface area contributed by atoms with Crippen LogP contribution in [0.1, 0.15) is 16.7 Å². The summed E-state index contributed by atoms with van der Waals surface area (Å²) in [5.41, 5.74) is 3.49. The van der Waals surface area contributed by atoms with E-state index in [1.54, 1.807) is 6.20 Å². The summed E-state index contributed by atoms with van der Waals surface area (Å²) in [5.74, 6) is 0. The number of aliphatic hydroxyl groups is 1. The molecule has 0 aliphatic heterocycles. The van der Waals surface area contributed by atoms with Gasteiger partial charge in [-0.25, -0.2) is 0 Å². The molecule has 4 rings (SSSR count). The van der Waals surface area contributed by atoms with Crippen molar-refractivity contribution in [1.29, 1.82) is 0 Å². The van der Waals surface area contributed by atoms with Crippen LogP contribution in [-0.4, -0.2) is 10.1 Å². The minimum atomic E-state index is -0.836. The van der Waals surface area contributed by atoms with Crippen molar-refractivity contribution < 1.29 is 5.11 Å². The van der Waals surface area contributed by atoms with Crippen molar-refractivity contribution in [3.63, 3.8) is 0 Å². The lowest BCUT2D eigenvalue weighted by Gasteiger charge is -2.24. The maximum absolute atomic E-state index is 11.1. The molecule has 1 heterocycles. The number of pyridine rings is 1. The number of fused-ring (bicyclic) bond motifs is 2. The molecule has 1 aromatic heterocycles. The molecule has 0 saturated carbocycles. The van der Waals surface area contributed by atoms with E-state index in [4.69, 9.17) is 0 Å². The second kappa shape index (κ2) is 4.15. The zero-order chi connectivity index (χ0) is 13.6. The van der Waals surface area contributed by atoms with Crippen molar-refractivity contribution in [2.45, 2.75) is 18.4 Å². The Hall–Kier alpha value is -2.19. The van der Waals surface area contributed by atoms with Gasteiger partial charge < -0.3 is 5.11 Å². The largest absolute Gasteiger partial charge is 0.384 e. The first kappa shape index (κ1) is 11.6. The van der Waals surface area contributed by atoms with E-state index >= 15 is 0 Å². The molecule has 0 spiro atoms. The Bertz CT molecular complexity index is 764. The Morgan fingerprint density at radius 1 is 0.850 bits per heavy atom. The van der Waals surface area contributed by atoms with Crippen molar-refractivity contribution in [2.75, 3.05) is 0 Å². The number of hydrogen-bond donors (Lipinski definition) is 1. The van der Waals surface area contributed by atoms with Crippen LogP contribution in [0.5, 0.6) is 0 Å². The van der Waals surface area contributed by atoms with Gasteiger partial charge in [-0.15, -0.1) is 0 Å². The van der Waals surface area contributed by atoms with E-state index in [1.807, 2.05) is 42.5 Å². The average molecular weight is 261 g/mol. The van der Waals surface area contributed by atoms with Gasteiger partial charge in [0.05, 0.1) is 11.1 Å². The molecule has 1 N–H and O–H groups in total. The van der Waals surface area contributed by atoms with Crippen LogP contribution < -0.4 is 0 Å². The lowest BCUT2D eigenvalue weighted by molar-refractivity contribution is 0.0496. The first-order chi connectivity index (χ1) is 9.76. The second-order valence-electron chi connectivity index (χ2n) is 5.53. The highest BCUT2D eigenvalue weighted by molar-refractivity contribution is 5.82. The fourth-order valence-electron chi connectivity index (χ4n) is 3.27. The first-order valence-corrected chi connectivity index (χ1v) is 6.90. The first-order valence-electron chi connectivity index (χ1n) is 6.90. The molecular weight excluding hydrogens is 246 g/mol. The maximum atomic E-state index is 11.1. The molecule has 2 heteroatoms. The summed E-state index contributed by atoms with van der Waals surface area (Å²) in [4.78, 5) is 4.47. The Morgan fingerprint density at radius 3 is 2.30 bits per heavy atom. The van der Waals surface area contributed by atoms with E-state index in [2.05, 4.69) is 17.1 Å². The SMILES string of the molecule is OC1(c2cccc3cccnc23)Cc2ccccc2C1. The van der Waals surface area contributed by atoms with Crippen LogP contribution in [0.25, 0.3) is 10.9 Å². The van der Waals surface area contributed by atoms with Gasteiger partial charge in [0, 0.05) is 30.0 Å². The predicted octanol–water partition coefficient (Wildman–Crippen LogP) is 3.22. The second-order valence-corrected chi connectivity index (χ2v) is 5.53. The van der Waals surface area contributed by atoms with E-state index in [1.165, 1.54) is 11.1 Å². The zero-order valence-corrected chi connectivity index (χ0v) is 11.1. The van der Waals surface area contributed by atoms with Gasteiger partial charge in [-0.05, 0) is 17.2 Å². The highest BCUT2D eigenvalue weighted by atomic mass is 16.3. The quantitative estimate of drug-likeness (QED) is 0.729. The van der Waals surface area contributed by atoms with Gasteiger partial charge in [0.2, 0.25) is 0 Å². The topological polar surface area (TPSA) is 33.1 Å². The molecule has 0 atom stereocenters. The van der Waals surface area contributed by atoms with Gasteiger partial charge in [0.25, 0.3) is 0 Å². The van der Waals surface area contributed by atoms with Crippen LogP contribution in [0, 0.1) is 0 Å². The molecular formula is C18H15NO. The molecule has 1 aliphatic carbocycles. The smallest absolute Gasteiger partial charge is 0.0998 e. The van der Waals surface area contributed by atoms with Crippen molar-refractivity contribution in [3.05, 3.63) is 77.5 Å². The van der Waals surface area contributed by atoms with Crippen LogP contribution in [0.3, 0.4) is 0 Å². The molecule has 2 nitrogen and oxygen atoms in total. The Balaban J connectivity index is 1.89. The maximum Gasteiger partial charge on any atom is 0.0998 e. The monoisotopic (exact) mass is 261 g/mol. The van der Waals surface area contributed by atoms with Crippen molar-refractivity contribution in [2.24, 2.45) is 0 Å². The van der Waals surface area contributed by atoms with Gasteiger partial charge in [-0.1, -0.05) is 48.5 Å². The molecule has 0 bridgehead atoms. The van der Waals surface area contributed by atoms with Crippen molar-refractivity contribution in [1.82, 2.24) is 4.98 Å². The van der Waals surface area contributed by atoms with Crippen LogP contribution in [0.15, 0.2) is 60.8 Å². The highest BCUT2D eigenvalue weighted by Crippen LogP contribution is 2.39. The van der Waals surface area contributed by atoms with Gasteiger partial charge in [-0.3, -0.25) is 4.98 Å². The van der Waals surface area contributed by atoms with Crippen LogP contribution in [0.4, 0.5) is 0 Å². The molecule has 3 aromatic rings. The third kappa shape index (κ3) is 1.65. The van der Waals surface area contributed by atoms with E-state index in [0.29, 0.717) is 12.8 Å². The summed E-state index contributed by atoms with van der Waals surface area (Å²) in [7, 11) is 0. The number of benzene rings is 2. The third-order valence-electron chi connectivity index (χ3n) is 4.22.